The largest absolute Gasteiger partial charge is 0.395 e. The van der Waals surface area contributed by atoms with Gasteiger partial charge in [-0.2, -0.15) is 0 Å². The van der Waals surface area contributed by atoms with Gasteiger partial charge in [-0.05, 0) is 49.3 Å². The maximum atomic E-state index is 12.4. The van der Waals surface area contributed by atoms with E-state index in [0.29, 0.717) is 12.5 Å². The van der Waals surface area contributed by atoms with Crippen LogP contribution in [0.15, 0.2) is 24.3 Å². The second kappa shape index (κ2) is 8.68. The van der Waals surface area contributed by atoms with Crippen molar-refractivity contribution >= 4 is 6.03 Å². The average Bonchev–Trinajstić information content (AvgIpc) is 3.08. The Balaban J connectivity index is 1.58. The van der Waals surface area contributed by atoms with E-state index >= 15 is 0 Å². The van der Waals surface area contributed by atoms with Gasteiger partial charge in [0.15, 0.2) is 0 Å². The minimum Gasteiger partial charge on any atom is -0.395 e. The zero-order valence-corrected chi connectivity index (χ0v) is 15.3. The molecule has 2 aliphatic heterocycles. The van der Waals surface area contributed by atoms with Gasteiger partial charge in [-0.15, -0.1) is 0 Å². The highest BCUT2D eigenvalue weighted by Crippen LogP contribution is 2.21. The number of piperidine rings is 1. The molecule has 2 fully saturated rings. The van der Waals surface area contributed by atoms with E-state index in [9.17, 15) is 9.90 Å². The van der Waals surface area contributed by atoms with Gasteiger partial charge in [0.1, 0.15) is 0 Å². The predicted molar refractivity (Wildman–Crippen MR) is 99.2 cm³/mol. The summed E-state index contributed by atoms with van der Waals surface area (Å²) in [6.45, 7) is 6.62. The third-order valence-corrected chi connectivity index (χ3v) is 5.58. The number of carbonyl (C=O) groups excluding carboxylic acids is 1. The van der Waals surface area contributed by atoms with Crippen LogP contribution in [0.1, 0.15) is 43.7 Å². The Morgan fingerprint density at radius 3 is 2.72 bits per heavy atom. The van der Waals surface area contributed by atoms with Crippen LogP contribution in [-0.4, -0.2) is 53.2 Å². The van der Waals surface area contributed by atoms with Gasteiger partial charge < -0.3 is 15.3 Å². The number of hydrogen-bond donors (Lipinski definition) is 2. The van der Waals surface area contributed by atoms with E-state index in [4.69, 9.17) is 0 Å². The van der Waals surface area contributed by atoms with Gasteiger partial charge in [0, 0.05) is 32.2 Å². The fraction of sp³-hybridized carbons (Fsp3) is 0.650. The summed E-state index contributed by atoms with van der Waals surface area (Å²) in [5, 5.41) is 12.6. The van der Waals surface area contributed by atoms with Crippen molar-refractivity contribution in [2.45, 2.75) is 51.7 Å². The third-order valence-electron chi connectivity index (χ3n) is 5.58. The van der Waals surface area contributed by atoms with Gasteiger partial charge in [0.05, 0.1) is 6.61 Å². The van der Waals surface area contributed by atoms with Crippen molar-refractivity contribution < 1.29 is 9.90 Å². The van der Waals surface area contributed by atoms with Gasteiger partial charge in [-0.3, -0.25) is 4.90 Å². The quantitative estimate of drug-likeness (QED) is 0.862. The molecule has 0 radical (unpaired) electrons. The normalized spacial score (nSPS) is 24.5. The molecular formula is C20H31N3O2. The van der Waals surface area contributed by atoms with E-state index in [2.05, 4.69) is 35.3 Å². The fourth-order valence-electron chi connectivity index (χ4n) is 4.07. The molecule has 0 aromatic heterocycles. The van der Waals surface area contributed by atoms with Crippen molar-refractivity contribution in [3.8, 4) is 0 Å². The summed E-state index contributed by atoms with van der Waals surface area (Å²) in [4.78, 5) is 16.7. The third kappa shape index (κ3) is 4.73. The van der Waals surface area contributed by atoms with Crippen LogP contribution < -0.4 is 5.32 Å². The van der Waals surface area contributed by atoms with Crippen molar-refractivity contribution in [1.82, 2.24) is 15.1 Å². The molecular weight excluding hydrogens is 314 g/mol. The van der Waals surface area contributed by atoms with Crippen LogP contribution in [0.25, 0.3) is 0 Å². The van der Waals surface area contributed by atoms with Crippen LogP contribution in [0.4, 0.5) is 4.79 Å². The van der Waals surface area contributed by atoms with Crippen LogP contribution in [0, 0.1) is 5.92 Å². The smallest absolute Gasteiger partial charge is 0.317 e. The molecule has 0 spiro atoms. The maximum absolute atomic E-state index is 12.4. The van der Waals surface area contributed by atoms with E-state index in [1.807, 2.05) is 11.0 Å². The van der Waals surface area contributed by atoms with Crippen LogP contribution in [0.3, 0.4) is 0 Å². The second-order valence-corrected chi connectivity index (χ2v) is 7.57. The number of likely N-dealkylation sites (tertiary alicyclic amines) is 2. The Morgan fingerprint density at radius 1 is 1.20 bits per heavy atom. The van der Waals surface area contributed by atoms with Crippen molar-refractivity contribution in [2.24, 2.45) is 5.92 Å². The fourth-order valence-corrected chi connectivity index (χ4v) is 4.07. The SMILES string of the molecule is C[C@H]1CCCN(C(=O)NCc2ccccc2CN2CCC[C@H]2CO)C1. The summed E-state index contributed by atoms with van der Waals surface area (Å²) >= 11 is 0. The van der Waals surface area contributed by atoms with Crippen LogP contribution in [0.5, 0.6) is 0 Å². The van der Waals surface area contributed by atoms with Crippen molar-refractivity contribution in [2.75, 3.05) is 26.2 Å². The lowest BCUT2D eigenvalue weighted by Gasteiger charge is -2.31. The number of urea groups is 1. The molecule has 2 saturated heterocycles. The lowest BCUT2D eigenvalue weighted by atomic mass is 10.0. The highest BCUT2D eigenvalue weighted by atomic mass is 16.3. The molecule has 0 unspecified atom stereocenters. The summed E-state index contributed by atoms with van der Waals surface area (Å²) in [6.07, 6.45) is 4.54. The minimum atomic E-state index is 0.0516. The molecule has 2 amide bonds. The molecule has 5 heteroatoms. The first-order chi connectivity index (χ1) is 12.2. The Kier molecular flexibility index (Phi) is 6.32. The van der Waals surface area contributed by atoms with Crippen molar-refractivity contribution in [1.29, 1.82) is 0 Å². The lowest BCUT2D eigenvalue weighted by molar-refractivity contribution is 0.153. The number of aliphatic hydroxyl groups excluding tert-OH is 1. The molecule has 2 heterocycles. The lowest BCUT2D eigenvalue weighted by Crippen LogP contribution is -2.44. The van der Waals surface area contributed by atoms with Crippen molar-refractivity contribution in [3.63, 3.8) is 0 Å². The van der Waals surface area contributed by atoms with E-state index in [0.717, 1.165) is 45.4 Å². The van der Waals surface area contributed by atoms with Gasteiger partial charge in [-0.25, -0.2) is 4.79 Å². The molecule has 0 bridgehead atoms. The van der Waals surface area contributed by atoms with E-state index in [1.165, 1.54) is 17.5 Å². The van der Waals surface area contributed by atoms with Gasteiger partial charge in [0.2, 0.25) is 0 Å². The number of benzene rings is 1. The summed E-state index contributed by atoms with van der Waals surface area (Å²) < 4.78 is 0. The number of nitrogens with one attached hydrogen (secondary N) is 1. The highest BCUT2D eigenvalue weighted by molar-refractivity contribution is 5.74. The first kappa shape index (κ1) is 18.2. The summed E-state index contributed by atoms with van der Waals surface area (Å²) in [5.74, 6) is 0.595. The summed E-state index contributed by atoms with van der Waals surface area (Å²) in [5.41, 5.74) is 2.42. The predicted octanol–water partition coefficient (Wildman–Crippen LogP) is 2.58. The first-order valence-electron chi connectivity index (χ1n) is 9.62. The number of rotatable bonds is 5. The van der Waals surface area contributed by atoms with Crippen LogP contribution in [-0.2, 0) is 13.1 Å². The number of hydrogen-bond acceptors (Lipinski definition) is 3. The molecule has 1 aromatic carbocycles. The van der Waals surface area contributed by atoms with Gasteiger partial charge in [-0.1, -0.05) is 31.2 Å². The van der Waals surface area contributed by atoms with E-state index in [1.54, 1.807) is 0 Å². The molecule has 2 atom stereocenters. The maximum Gasteiger partial charge on any atom is 0.317 e. The standard InChI is InChI=1S/C20H31N3O2/c1-16-6-4-11-23(13-16)20(25)21-12-17-7-2-3-8-18(17)14-22-10-5-9-19(22)15-24/h2-3,7-8,16,19,24H,4-6,9-15H2,1H3,(H,21,25)/t16-,19-/m0/s1. The van der Waals surface area contributed by atoms with E-state index < -0.39 is 0 Å². The molecule has 2 aliphatic rings. The number of carbonyl (C=O) groups is 1. The number of amides is 2. The van der Waals surface area contributed by atoms with Gasteiger partial charge >= 0.3 is 6.03 Å². The number of aliphatic hydroxyl groups is 1. The monoisotopic (exact) mass is 345 g/mol. The molecule has 5 nitrogen and oxygen atoms in total. The molecule has 3 rings (SSSR count). The topological polar surface area (TPSA) is 55.8 Å². The highest BCUT2D eigenvalue weighted by Gasteiger charge is 2.24. The Hall–Kier alpha value is -1.59. The zero-order chi connectivity index (χ0) is 17.6. The molecule has 2 N–H and O–H groups in total. The molecule has 1 aromatic rings. The minimum absolute atomic E-state index is 0.0516. The van der Waals surface area contributed by atoms with Crippen molar-refractivity contribution in [3.05, 3.63) is 35.4 Å². The first-order valence-corrected chi connectivity index (χ1v) is 9.62. The molecule has 0 aliphatic carbocycles. The zero-order valence-electron chi connectivity index (χ0n) is 15.3. The molecule has 138 valence electrons. The average molecular weight is 345 g/mol. The van der Waals surface area contributed by atoms with Crippen LogP contribution in [0.2, 0.25) is 0 Å². The Morgan fingerprint density at radius 2 is 1.96 bits per heavy atom. The Bertz CT molecular complexity index is 578. The summed E-state index contributed by atoms with van der Waals surface area (Å²) in [7, 11) is 0. The van der Waals surface area contributed by atoms with E-state index in [-0.39, 0.29) is 18.7 Å². The summed E-state index contributed by atoms with van der Waals surface area (Å²) in [6, 6.07) is 8.64. The molecule has 25 heavy (non-hydrogen) atoms. The van der Waals surface area contributed by atoms with Gasteiger partial charge in [0.25, 0.3) is 0 Å². The molecule has 0 saturated carbocycles. The second-order valence-electron chi connectivity index (χ2n) is 7.57. The number of nitrogens with zero attached hydrogens (tertiary/aromatic N) is 2. The Labute approximate surface area is 151 Å². The van der Waals surface area contributed by atoms with Crippen LogP contribution >= 0.6 is 0 Å².